The van der Waals surface area contributed by atoms with Gasteiger partial charge in [-0.2, -0.15) is 9.40 Å². The lowest BCUT2D eigenvalue weighted by atomic mass is 9.97. The Labute approximate surface area is 139 Å². The molecule has 2 heterocycles. The fraction of sp³-hybridized carbons (Fsp3) is 0.467. The number of nitrogens with one attached hydrogen (secondary N) is 1. The molecule has 1 aliphatic rings. The van der Waals surface area contributed by atoms with Crippen LogP contribution in [0.15, 0.2) is 23.1 Å². The highest BCUT2D eigenvalue weighted by molar-refractivity contribution is 7.89. The first-order valence-electron chi connectivity index (χ1n) is 7.54. The van der Waals surface area contributed by atoms with E-state index < -0.39 is 34.4 Å². The highest BCUT2D eigenvalue weighted by Crippen LogP contribution is 2.35. The summed E-state index contributed by atoms with van der Waals surface area (Å²) in [6.45, 7) is 2.75. The Hall–Kier alpha value is -1.87. The SMILES string of the molecule is Cc1nc([C@@H]2CN(S(=O)(=O)c3cc(F)ccc3C)C[C@H]2CF)n[nH]1. The molecule has 1 aromatic heterocycles. The molecule has 24 heavy (non-hydrogen) atoms. The van der Waals surface area contributed by atoms with E-state index in [1.807, 2.05) is 0 Å². The van der Waals surface area contributed by atoms with Crippen LogP contribution in [0, 0.1) is 25.6 Å². The minimum Gasteiger partial charge on any atom is -0.263 e. The molecule has 1 N–H and O–H groups in total. The molecule has 6 nitrogen and oxygen atoms in total. The number of nitrogens with zero attached hydrogens (tertiary/aromatic N) is 3. The number of aromatic nitrogens is 3. The van der Waals surface area contributed by atoms with Crippen molar-refractivity contribution < 1.29 is 17.2 Å². The van der Waals surface area contributed by atoms with Gasteiger partial charge in [0, 0.05) is 24.9 Å². The maximum Gasteiger partial charge on any atom is 0.243 e. The standard InChI is InChI=1S/C15H18F2N4O2S/c1-9-3-4-12(17)5-14(9)24(22,23)21-7-11(6-16)13(8-21)15-18-10(2)19-20-15/h3-5,11,13H,6-8H2,1-2H3,(H,18,19,20)/t11-,13-/m1/s1. The quantitative estimate of drug-likeness (QED) is 0.908. The van der Waals surface area contributed by atoms with Gasteiger partial charge in [0.25, 0.3) is 0 Å². The Kier molecular flexibility index (Phi) is 4.39. The first-order chi connectivity index (χ1) is 11.3. The van der Waals surface area contributed by atoms with E-state index in [1.54, 1.807) is 13.8 Å². The molecule has 0 unspecified atom stereocenters. The maximum absolute atomic E-state index is 13.5. The van der Waals surface area contributed by atoms with Crippen molar-refractivity contribution in [2.45, 2.75) is 24.7 Å². The van der Waals surface area contributed by atoms with Crippen molar-refractivity contribution in [1.29, 1.82) is 0 Å². The number of benzene rings is 1. The third-order valence-electron chi connectivity index (χ3n) is 4.32. The third-order valence-corrected chi connectivity index (χ3v) is 6.29. The summed E-state index contributed by atoms with van der Waals surface area (Å²) in [6, 6.07) is 3.63. The molecule has 0 bridgehead atoms. The van der Waals surface area contributed by atoms with E-state index in [4.69, 9.17) is 0 Å². The summed E-state index contributed by atoms with van der Waals surface area (Å²) >= 11 is 0. The van der Waals surface area contributed by atoms with E-state index in [9.17, 15) is 17.2 Å². The number of rotatable bonds is 4. The Balaban J connectivity index is 1.94. The molecular formula is C15H18F2N4O2S. The van der Waals surface area contributed by atoms with Gasteiger partial charge in [0.2, 0.25) is 10.0 Å². The van der Waals surface area contributed by atoms with E-state index in [1.165, 1.54) is 16.4 Å². The fourth-order valence-electron chi connectivity index (χ4n) is 2.99. The van der Waals surface area contributed by atoms with Crippen LogP contribution in [-0.2, 0) is 10.0 Å². The van der Waals surface area contributed by atoms with Crippen molar-refractivity contribution in [1.82, 2.24) is 19.5 Å². The van der Waals surface area contributed by atoms with Gasteiger partial charge >= 0.3 is 0 Å². The number of H-pyrrole nitrogens is 1. The van der Waals surface area contributed by atoms with E-state index in [-0.39, 0.29) is 18.0 Å². The maximum atomic E-state index is 13.5. The molecule has 0 radical (unpaired) electrons. The molecule has 1 aliphatic heterocycles. The molecule has 130 valence electrons. The molecule has 1 aromatic carbocycles. The summed E-state index contributed by atoms with van der Waals surface area (Å²) in [4.78, 5) is 4.11. The smallest absolute Gasteiger partial charge is 0.243 e. The lowest BCUT2D eigenvalue weighted by Gasteiger charge is -2.17. The van der Waals surface area contributed by atoms with Crippen LogP contribution >= 0.6 is 0 Å². The lowest BCUT2D eigenvalue weighted by Crippen LogP contribution is -2.30. The summed E-state index contributed by atoms with van der Waals surface area (Å²) in [5.74, 6) is -0.581. The average molecular weight is 356 g/mol. The van der Waals surface area contributed by atoms with Crippen LogP contribution in [0.1, 0.15) is 23.1 Å². The Morgan fingerprint density at radius 2 is 2.08 bits per heavy atom. The van der Waals surface area contributed by atoms with Crippen LogP contribution in [0.5, 0.6) is 0 Å². The summed E-state index contributed by atoms with van der Waals surface area (Å²) in [5, 5.41) is 6.72. The van der Waals surface area contributed by atoms with Gasteiger partial charge in [-0.3, -0.25) is 9.49 Å². The Bertz CT molecular complexity index is 853. The third kappa shape index (κ3) is 2.93. The predicted octanol–water partition coefficient (Wildman–Crippen LogP) is 1.93. The first kappa shape index (κ1) is 17.0. The van der Waals surface area contributed by atoms with Crippen molar-refractivity contribution in [3.05, 3.63) is 41.2 Å². The second-order valence-corrected chi connectivity index (χ2v) is 7.94. The van der Waals surface area contributed by atoms with E-state index >= 15 is 0 Å². The normalized spacial score (nSPS) is 22.2. The van der Waals surface area contributed by atoms with Crippen molar-refractivity contribution in [3.8, 4) is 0 Å². The molecule has 0 saturated carbocycles. The molecular weight excluding hydrogens is 338 g/mol. The van der Waals surface area contributed by atoms with Crippen LogP contribution in [0.4, 0.5) is 8.78 Å². The van der Waals surface area contributed by atoms with Crippen molar-refractivity contribution in [3.63, 3.8) is 0 Å². The van der Waals surface area contributed by atoms with E-state index in [0.29, 0.717) is 17.2 Å². The summed E-state index contributed by atoms with van der Waals surface area (Å²) in [7, 11) is -3.91. The van der Waals surface area contributed by atoms with Crippen LogP contribution in [-0.4, -0.2) is 47.7 Å². The minimum atomic E-state index is -3.91. The molecule has 0 aliphatic carbocycles. The predicted molar refractivity (Wildman–Crippen MR) is 83.2 cm³/mol. The number of alkyl halides is 1. The zero-order valence-electron chi connectivity index (χ0n) is 13.3. The average Bonchev–Trinajstić information content (AvgIpc) is 3.15. The molecule has 3 rings (SSSR count). The van der Waals surface area contributed by atoms with Gasteiger partial charge in [-0.25, -0.2) is 17.8 Å². The molecule has 0 amide bonds. The van der Waals surface area contributed by atoms with Gasteiger partial charge in [-0.15, -0.1) is 0 Å². The van der Waals surface area contributed by atoms with E-state index in [2.05, 4.69) is 15.2 Å². The second-order valence-electron chi connectivity index (χ2n) is 6.03. The highest BCUT2D eigenvalue weighted by Gasteiger charge is 2.42. The first-order valence-corrected chi connectivity index (χ1v) is 8.98. The molecule has 1 saturated heterocycles. The minimum absolute atomic E-state index is 0.0209. The van der Waals surface area contributed by atoms with E-state index in [0.717, 1.165) is 6.07 Å². The number of sulfonamides is 1. The van der Waals surface area contributed by atoms with Crippen LogP contribution in [0.25, 0.3) is 0 Å². The monoisotopic (exact) mass is 356 g/mol. The van der Waals surface area contributed by atoms with Crippen LogP contribution in [0.3, 0.4) is 0 Å². The largest absolute Gasteiger partial charge is 0.263 e. The van der Waals surface area contributed by atoms with Crippen molar-refractivity contribution in [2.75, 3.05) is 19.8 Å². The number of halogens is 2. The zero-order chi connectivity index (χ0) is 17.5. The van der Waals surface area contributed by atoms with Crippen LogP contribution in [0.2, 0.25) is 0 Å². The molecule has 2 atom stereocenters. The van der Waals surface area contributed by atoms with Gasteiger partial charge in [-0.1, -0.05) is 6.07 Å². The topological polar surface area (TPSA) is 79.0 Å². The summed E-state index contributed by atoms with van der Waals surface area (Å²) in [6.07, 6.45) is 0. The number of aryl methyl sites for hydroxylation is 2. The zero-order valence-corrected chi connectivity index (χ0v) is 14.1. The highest BCUT2D eigenvalue weighted by atomic mass is 32.2. The van der Waals surface area contributed by atoms with Crippen LogP contribution < -0.4 is 0 Å². The number of hydrogen-bond donors (Lipinski definition) is 1. The summed E-state index contributed by atoms with van der Waals surface area (Å²) < 4.78 is 53.8. The molecule has 2 aromatic rings. The van der Waals surface area contributed by atoms with Gasteiger partial charge in [0.1, 0.15) is 11.6 Å². The number of hydrogen-bond acceptors (Lipinski definition) is 4. The molecule has 9 heteroatoms. The second kappa shape index (κ2) is 6.21. The summed E-state index contributed by atoms with van der Waals surface area (Å²) in [5.41, 5.74) is 0.449. The lowest BCUT2D eigenvalue weighted by molar-refractivity contribution is 0.346. The van der Waals surface area contributed by atoms with Crippen molar-refractivity contribution in [2.24, 2.45) is 5.92 Å². The van der Waals surface area contributed by atoms with Gasteiger partial charge < -0.3 is 0 Å². The Morgan fingerprint density at radius 3 is 2.71 bits per heavy atom. The molecule has 0 spiro atoms. The molecule has 1 fully saturated rings. The Morgan fingerprint density at radius 1 is 1.33 bits per heavy atom. The van der Waals surface area contributed by atoms with Crippen molar-refractivity contribution >= 4 is 10.0 Å². The number of aromatic amines is 1. The van der Waals surface area contributed by atoms with Gasteiger partial charge in [-0.05, 0) is 31.5 Å². The van der Waals surface area contributed by atoms with Gasteiger partial charge in [0.05, 0.1) is 11.6 Å². The fourth-order valence-corrected chi connectivity index (χ4v) is 4.75. The van der Waals surface area contributed by atoms with Gasteiger partial charge in [0.15, 0.2) is 5.82 Å².